The van der Waals surface area contributed by atoms with Crippen molar-refractivity contribution >= 4 is 79.3 Å². The van der Waals surface area contributed by atoms with Crippen LogP contribution in [0.3, 0.4) is 0 Å². The van der Waals surface area contributed by atoms with Crippen LogP contribution in [0.15, 0.2) is 0 Å². The van der Waals surface area contributed by atoms with E-state index < -0.39 is 85.9 Å². The van der Waals surface area contributed by atoms with Gasteiger partial charge in [0.1, 0.15) is 40.6 Å². The maximum absolute atomic E-state index is 12.2. The Hall–Kier alpha value is -2.80. The Morgan fingerprint density at radius 1 is 0.608 bits per heavy atom. The van der Waals surface area contributed by atoms with Gasteiger partial charge in [-0.2, -0.15) is 8.42 Å². The lowest BCUT2D eigenvalue weighted by atomic mass is 10.1. The lowest BCUT2D eigenvalue weighted by Gasteiger charge is -2.26. The van der Waals surface area contributed by atoms with E-state index in [1.165, 1.54) is 0 Å². The number of nitrogens with one attached hydrogen (secondary N) is 2. The lowest BCUT2D eigenvalue weighted by molar-refractivity contribution is -0.159. The predicted molar refractivity (Wildman–Crippen MR) is 187 cm³/mol. The van der Waals surface area contributed by atoms with E-state index in [-0.39, 0.29) is 31.7 Å². The molecule has 300 valence electrons. The quantitative estimate of drug-likeness (QED) is 0.0899. The molecule has 0 aliphatic rings. The number of carboxylic acid groups (broad SMARTS) is 1. The molecule has 17 nitrogen and oxygen atoms in total. The molecule has 0 heterocycles. The zero-order valence-electron chi connectivity index (χ0n) is 31.1. The molecule has 0 aromatic carbocycles. The summed E-state index contributed by atoms with van der Waals surface area (Å²) in [6.07, 6.45) is -1.96. The van der Waals surface area contributed by atoms with E-state index in [1.807, 2.05) is 0 Å². The van der Waals surface area contributed by atoms with E-state index in [1.54, 1.807) is 83.1 Å². The van der Waals surface area contributed by atoms with Crippen LogP contribution in [0.4, 0.5) is 9.59 Å². The van der Waals surface area contributed by atoms with Gasteiger partial charge in [0, 0.05) is 23.5 Å². The predicted octanol–water partition coefficient (Wildman–Crippen LogP) is 5.51. The lowest BCUT2D eigenvalue weighted by Crippen LogP contribution is -2.46. The van der Waals surface area contributed by atoms with Crippen molar-refractivity contribution in [3.8, 4) is 0 Å². The van der Waals surface area contributed by atoms with E-state index >= 15 is 0 Å². The van der Waals surface area contributed by atoms with Gasteiger partial charge in [0.25, 0.3) is 0 Å². The van der Waals surface area contributed by atoms with E-state index in [0.717, 1.165) is 0 Å². The number of hydrogen-bond donors (Lipinski definition) is 3. The molecule has 0 aromatic rings. The summed E-state index contributed by atoms with van der Waals surface area (Å²) in [4.78, 5) is 69.7. The van der Waals surface area contributed by atoms with Gasteiger partial charge in [-0.05, 0) is 95.9 Å². The highest BCUT2D eigenvalue weighted by Crippen LogP contribution is 2.14. The van der Waals surface area contributed by atoms with Gasteiger partial charge < -0.3 is 39.4 Å². The highest BCUT2D eigenvalue weighted by Gasteiger charge is 2.30. The second-order valence-electron chi connectivity index (χ2n) is 14.2. The van der Waals surface area contributed by atoms with Crippen LogP contribution in [0, 0.1) is 0 Å². The first-order chi connectivity index (χ1) is 22.7. The number of aliphatic carboxylic acids is 1. The van der Waals surface area contributed by atoms with Gasteiger partial charge >= 0.3 is 45.4 Å². The Morgan fingerprint density at radius 2 is 0.941 bits per heavy atom. The van der Waals surface area contributed by atoms with Crippen molar-refractivity contribution in [2.75, 3.05) is 12.1 Å². The number of alkyl carbamates (subject to hydrolysis) is 2. The van der Waals surface area contributed by atoms with E-state index in [9.17, 15) is 37.2 Å². The summed E-state index contributed by atoms with van der Waals surface area (Å²) in [6.45, 7) is 20.3. The summed E-state index contributed by atoms with van der Waals surface area (Å²) < 4.78 is 48.3. The number of carbonyl (C=O) groups excluding carboxylic acids is 5. The smallest absolute Gasteiger partial charge is 0.408 e. The SMILES string of the molecule is CC(C)(C)OC(=O)N[C@@H](CCC(=O)O)C(=O)OC(C)(C)C.CC(C)(C)OC(=O)N[C@@H](CCC(=O)OCCl)C(=O)OC(C)(C)C.O=S(=O)(Cl)OCCl. The molecule has 0 spiro atoms. The minimum absolute atomic E-state index is 0.0177. The second kappa shape index (κ2) is 23.7. The summed E-state index contributed by atoms with van der Waals surface area (Å²) in [5, 5.41) is 13.5. The van der Waals surface area contributed by atoms with Crippen molar-refractivity contribution in [2.45, 2.75) is 143 Å². The monoisotopic (exact) mass is 818 g/mol. The largest absolute Gasteiger partial charge is 0.481 e. The van der Waals surface area contributed by atoms with Crippen LogP contribution >= 0.6 is 33.9 Å². The van der Waals surface area contributed by atoms with Gasteiger partial charge in [0.15, 0.2) is 6.07 Å². The number of rotatable bonds is 13. The van der Waals surface area contributed by atoms with Gasteiger partial charge in [-0.25, -0.2) is 23.4 Å². The molecular weight excluding hydrogens is 767 g/mol. The Bertz CT molecular complexity index is 1240. The van der Waals surface area contributed by atoms with Crippen molar-refractivity contribution in [2.24, 2.45) is 0 Å². The number of hydrogen-bond acceptors (Lipinski definition) is 14. The first-order valence-electron chi connectivity index (χ1n) is 15.2. The minimum Gasteiger partial charge on any atom is -0.481 e. The molecule has 0 radical (unpaired) electrons. The molecule has 0 fully saturated rings. The molecule has 2 atom stereocenters. The molecule has 0 saturated heterocycles. The van der Waals surface area contributed by atoms with Crippen molar-refractivity contribution in [3.05, 3.63) is 0 Å². The Morgan fingerprint density at radius 3 is 1.18 bits per heavy atom. The fraction of sp³-hybridized carbons (Fsp3) is 0.800. The van der Waals surface area contributed by atoms with Crippen molar-refractivity contribution in [3.63, 3.8) is 0 Å². The molecule has 2 amide bonds. The normalized spacial score (nSPS) is 12.9. The average Bonchev–Trinajstić information content (AvgIpc) is 2.84. The molecule has 0 aliphatic heterocycles. The number of carboxylic acids is 1. The van der Waals surface area contributed by atoms with Gasteiger partial charge in [0.2, 0.25) is 0 Å². The number of ether oxygens (including phenoxy) is 5. The van der Waals surface area contributed by atoms with Crippen LogP contribution in [0.25, 0.3) is 0 Å². The van der Waals surface area contributed by atoms with Gasteiger partial charge in [-0.3, -0.25) is 9.59 Å². The van der Waals surface area contributed by atoms with E-state index in [2.05, 4.69) is 30.2 Å². The zero-order valence-corrected chi connectivity index (χ0v) is 34.2. The summed E-state index contributed by atoms with van der Waals surface area (Å²) in [5.74, 6) is -2.97. The third-order valence-corrected chi connectivity index (χ3v) is 5.46. The molecule has 0 rings (SSSR count). The molecule has 0 aromatic heterocycles. The van der Waals surface area contributed by atoms with Gasteiger partial charge in [0.05, 0.1) is 0 Å². The first-order valence-corrected chi connectivity index (χ1v) is 18.5. The van der Waals surface area contributed by atoms with Crippen LogP contribution in [0.5, 0.6) is 0 Å². The molecule has 0 bridgehead atoms. The molecule has 21 heteroatoms. The molecular formula is C30H53Cl3N2O15S. The summed E-state index contributed by atoms with van der Waals surface area (Å²) in [6, 6.07) is -2.79. The Kier molecular flexibility index (Phi) is 24.4. The van der Waals surface area contributed by atoms with Crippen LogP contribution in [0.2, 0.25) is 0 Å². The molecule has 0 unspecified atom stereocenters. The average molecular weight is 820 g/mol. The maximum atomic E-state index is 12.2. The maximum Gasteiger partial charge on any atom is 0.408 e. The number of amides is 2. The van der Waals surface area contributed by atoms with Crippen LogP contribution in [-0.2, 0) is 56.4 Å². The van der Waals surface area contributed by atoms with Crippen molar-refractivity contribution < 1.29 is 70.2 Å². The number of alkyl halides is 2. The fourth-order valence-electron chi connectivity index (χ4n) is 2.86. The number of esters is 3. The third-order valence-electron chi connectivity index (χ3n) is 4.45. The second-order valence-corrected chi connectivity index (χ2v) is 16.8. The van der Waals surface area contributed by atoms with Crippen LogP contribution in [0.1, 0.15) is 109 Å². The summed E-state index contributed by atoms with van der Waals surface area (Å²) >= 11 is 10.1. The number of carbonyl (C=O) groups is 6. The van der Waals surface area contributed by atoms with E-state index in [0.29, 0.717) is 0 Å². The summed E-state index contributed by atoms with van der Waals surface area (Å²) in [5.41, 5.74) is -2.87. The zero-order chi connectivity index (χ0) is 41.0. The fourth-order valence-corrected chi connectivity index (χ4v) is 3.71. The van der Waals surface area contributed by atoms with Gasteiger partial charge in [-0.15, -0.1) is 0 Å². The molecule has 0 saturated carbocycles. The summed E-state index contributed by atoms with van der Waals surface area (Å²) in [7, 11) is 0.665. The molecule has 0 aliphatic carbocycles. The first kappa shape index (κ1) is 52.6. The Labute approximate surface area is 314 Å². The number of halogens is 3. The Balaban J connectivity index is -0.000000763. The standard InChI is InChI=1S/C15H26ClNO6.C14H25NO6.CH2Cl2O3S/c1-14(2,3)22-12(19)10(7-8-11(18)21-9-16)17-13(20)23-15(4,5)6;1-13(2,3)20-11(18)9(7-8-10(16)17)15-12(19)21-14(4,5)6;2-1-6-7(3,4)5/h10H,7-9H2,1-6H3,(H,17,20);9H,7-8H2,1-6H3,(H,15,19)(H,16,17);1H2/t10-;9-;/m00./s1. The highest BCUT2D eigenvalue weighted by atomic mass is 35.7. The third kappa shape index (κ3) is 38.3. The van der Waals surface area contributed by atoms with Crippen LogP contribution < -0.4 is 10.6 Å². The molecule has 3 N–H and O–H groups in total. The topological polar surface area (TPSA) is 236 Å². The highest BCUT2D eigenvalue weighted by molar-refractivity contribution is 8.10. The van der Waals surface area contributed by atoms with E-state index in [4.69, 9.17) is 47.3 Å². The molecule has 51 heavy (non-hydrogen) atoms. The van der Waals surface area contributed by atoms with Crippen LogP contribution in [-0.4, -0.2) is 96.2 Å². The van der Waals surface area contributed by atoms with Gasteiger partial charge in [-0.1, -0.05) is 23.2 Å². The minimum atomic E-state index is -3.83. The van der Waals surface area contributed by atoms with Crippen molar-refractivity contribution in [1.82, 2.24) is 10.6 Å². The van der Waals surface area contributed by atoms with Crippen molar-refractivity contribution in [1.29, 1.82) is 0 Å².